The molecule has 0 fully saturated rings. The number of pyridine rings is 1. The van der Waals surface area contributed by atoms with Crippen molar-refractivity contribution in [3.63, 3.8) is 0 Å². The standard InChI is InChI=1S/C27H44F2N4O4/c1-4-19(5-2)17-24(34)32-22(27(35)36)13-16-33(18-23(37-3)25(28)29)15-7-6-10-21-12-11-20-9-8-14-30-26(20)31-21/h11-12,19,22-23,25H,4-10,13-18H2,1-3H3,(H,30,31)(H,32,34)(H,35,36). The molecule has 0 saturated carbocycles. The van der Waals surface area contributed by atoms with E-state index in [1.54, 1.807) is 0 Å². The van der Waals surface area contributed by atoms with Crippen LogP contribution in [0.1, 0.15) is 70.1 Å². The van der Waals surface area contributed by atoms with Crippen LogP contribution in [0.2, 0.25) is 0 Å². The van der Waals surface area contributed by atoms with Crippen LogP contribution in [0, 0.1) is 5.92 Å². The van der Waals surface area contributed by atoms with E-state index in [0.29, 0.717) is 6.54 Å². The number of carbonyl (C=O) groups excluding carboxylic acids is 1. The van der Waals surface area contributed by atoms with Gasteiger partial charge in [0.1, 0.15) is 18.0 Å². The molecule has 1 aliphatic rings. The van der Waals surface area contributed by atoms with Crippen LogP contribution < -0.4 is 10.6 Å². The van der Waals surface area contributed by atoms with Crippen molar-refractivity contribution in [3.8, 4) is 0 Å². The van der Waals surface area contributed by atoms with Crippen LogP contribution in [0.3, 0.4) is 0 Å². The van der Waals surface area contributed by atoms with Gasteiger partial charge in [-0.25, -0.2) is 18.6 Å². The van der Waals surface area contributed by atoms with Crippen LogP contribution in [0.4, 0.5) is 14.6 Å². The molecule has 37 heavy (non-hydrogen) atoms. The van der Waals surface area contributed by atoms with Crippen LogP contribution in [0.25, 0.3) is 0 Å². The third kappa shape index (κ3) is 10.9. The number of amides is 1. The minimum absolute atomic E-state index is 0.0107. The highest BCUT2D eigenvalue weighted by atomic mass is 19.3. The fraction of sp³-hybridized carbons (Fsp3) is 0.741. The van der Waals surface area contributed by atoms with E-state index < -0.39 is 24.5 Å². The summed E-state index contributed by atoms with van der Waals surface area (Å²) in [6.45, 7) is 5.70. The highest BCUT2D eigenvalue weighted by Gasteiger charge is 2.26. The summed E-state index contributed by atoms with van der Waals surface area (Å²) in [6.07, 6.45) is 2.67. The highest BCUT2D eigenvalue weighted by Crippen LogP contribution is 2.20. The molecule has 0 bridgehead atoms. The molecule has 0 aliphatic carbocycles. The minimum Gasteiger partial charge on any atom is -0.480 e. The molecule has 1 aliphatic heterocycles. The number of unbranched alkanes of at least 4 members (excludes halogenated alkanes) is 1. The lowest BCUT2D eigenvalue weighted by Gasteiger charge is -2.28. The molecule has 0 aromatic carbocycles. The molecular weight excluding hydrogens is 482 g/mol. The molecule has 2 atom stereocenters. The fourth-order valence-corrected chi connectivity index (χ4v) is 4.62. The summed E-state index contributed by atoms with van der Waals surface area (Å²) >= 11 is 0. The first-order valence-corrected chi connectivity index (χ1v) is 13.5. The van der Waals surface area contributed by atoms with Crippen molar-refractivity contribution < 1.29 is 28.2 Å². The van der Waals surface area contributed by atoms with Crippen LogP contribution >= 0.6 is 0 Å². The minimum atomic E-state index is -2.64. The lowest BCUT2D eigenvalue weighted by Crippen LogP contribution is -2.45. The van der Waals surface area contributed by atoms with Crippen LogP contribution in [-0.4, -0.2) is 78.7 Å². The Morgan fingerprint density at radius 1 is 1.22 bits per heavy atom. The Morgan fingerprint density at radius 3 is 2.62 bits per heavy atom. The zero-order valence-corrected chi connectivity index (χ0v) is 22.5. The van der Waals surface area contributed by atoms with Gasteiger partial charge in [-0.15, -0.1) is 0 Å². The summed E-state index contributed by atoms with van der Waals surface area (Å²) in [5.41, 5.74) is 2.23. The average molecular weight is 527 g/mol. The number of alkyl halides is 2. The van der Waals surface area contributed by atoms with Crippen molar-refractivity contribution in [2.45, 2.75) is 90.2 Å². The van der Waals surface area contributed by atoms with Gasteiger partial charge in [0.25, 0.3) is 6.43 Å². The van der Waals surface area contributed by atoms with E-state index in [1.165, 1.54) is 12.7 Å². The first-order valence-electron chi connectivity index (χ1n) is 13.5. The number of carboxylic acid groups (broad SMARTS) is 1. The van der Waals surface area contributed by atoms with E-state index in [1.807, 2.05) is 24.8 Å². The Hall–Kier alpha value is -2.33. The quantitative estimate of drug-likeness (QED) is 0.247. The number of hydrogen-bond acceptors (Lipinski definition) is 6. The zero-order chi connectivity index (χ0) is 27.2. The highest BCUT2D eigenvalue weighted by molar-refractivity contribution is 5.83. The normalized spacial score (nSPS) is 14.9. The van der Waals surface area contributed by atoms with E-state index in [-0.39, 0.29) is 37.8 Å². The van der Waals surface area contributed by atoms with Gasteiger partial charge in [-0.05, 0) is 62.6 Å². The number of carbonyl (C=O) groups is 2. The van der Waals surface area contributed by atoms with Crippen molar-refractivity contribution in [2.75, 3.05) is 38.6 Å². The van der Waals surface area contributed by atoms with Gasteiger partial charge in [-0.3, -0.25) is 4.79 Å². The van der Waals surface area contributed by atoms with Crippen LogP contribution in [0.15, 0.2) is 12.1 Å². The monoisotopic (exact) mass is 526 g/mol. The number of aliphatic carboxylic acids is 1. The van der Waals surface area contributed by atoms with Gasteiger partial charge < -0.3 is 25.4 Å². The van der Waals surface area contributed by atoms with Crippen LogP contribution in [0.5, 0.6) is 0 Å². The predicted octanol–water partition coefficient (Wildman–Crippen LogP) is 4.13. The molecule has 1 aromatic heterocycles. The van der Waals surface area contributed by atoms with Gasteiger partial charge in [0.15, 0.2) is 0 Å². The van der Waals surface area contributed by atoms with Gasteiger partial charge in [0.2, 0.25) is 5.91 Å². The third-order valence-corrected chi connectivity index (χ3v) is 7.13. The summed E-state index contributed by atoms with van der Waals surface area (Å²) in [4.78, 5) is 30.7. The molecule has 3 N–H and O–H groups in total. The topological polar surface area (TPSA) is 104 Å². The summed E-state index contributed by atoms with van der Waals surface area (Å²) in [5.74, 6) is -0.250. The number of methoxy groups -OCH3 is 1. The molecule has 1 aromatic rings. The summed E-state index contributed by atoms with van der Waals surface area (Å²) in [7, 11) is 1.25. The number of anilines is 1. The van der Waals surface area contributed by atoms with Gasteiger partial charge >= 0.3 is 5.97 Å². The Labute approximate surface area is 219 Å². The number of ether oxygens (including phenoxy) is 1. The van der Waals surface area contributed by atoms with E-state index in [2.05, 4.69) is 16.7 Å². The summed E-state index contributed by atoms with van der Waals surface area (Å²) in [5, 5.41) is 15.6. The summed E-state index contributed by atoms with van der Waals surface area (Å²) in [6, 6.07) is 3.10. The maximum absolute atomic E-state index is 13.4. The molecule has 2 unspecified atom stereocenters. The number of aryl methyl sites for hydroxylation is 2. The van der Waals surface area contributed by atoms with E-state index in [4.69, 9.17) is 9.72 Å². The van der Waals surface area contributed by atoms with Gasteiger partial charge in [-0.1, -0.05) is 32.8 Å². The number of nitrogens with zero attached hydrogens (tertiary/aromatic N) is 2. The Kier molecular flexibility index (Phi) is 13.8. The fourth-order valence-electron chi connectivity index (χ4n) is 4.62. The molecular formula is C27H44F2N4O4. The number of rotatable bonds is 18. The van der Waals surface area contributed by atoms with Crippen LogP contribution in [-0.2, 0) is 27.2 Å². The van der Waals surface area contributed by atoms with E-state index in [0.717, 1.165) is 63.0 Å². The molecule has 0 saturated heterocycles. The second kappa shape index (κ2) is 16.5. The third-order valence-electron chi connectivity index (χ3n) is 7.13. The molecule has 0 radical (unpaired) electrons. The largest absolute Gasteiger partial charge is 0.480 e. The molecule has 0 spiro atoms. The molecule has 2 rings (SSSR count). The summed E-state index contributed by atoms with van der Waals surface area (Å²) < 4.78 is 31.7. The van der Waals surface area contributed by atoms with Gasteiger partial charge in [-0.2, -0.15) is 0 Å². The second-order valence-electron chi connectivity index (χ2n) is 9.84. The lowest BCUT2D eigenvalue weighted by molar-refractivity contribution is -0.142. The molecule has 10 heteroatoms. The Bertz CT molecular complexity index is 839. The Balaban J connectivity index is 1.91. The number of halogens is 2. The molecule has 2 heterocycles. The molecule has 8 nitrogen and oxygen atoms in total. The smallest absolute Gasteiger partial charge is 0.326 e. The maximum Gasteiger partial charge on any atom is 0.326 e. The Morgan fingerprint density at radius 2 is 1.97 bits per heavy atom. The van der Waals surface area contributed by atoms with Crippen molar-refractivity contribution >= 4 is 17.7 Å². The number of fused-ring (bicyclic) bond motifs is 1. The van der Waals surface area contributed by atoms with Crippen molar-refractivity contribution in [3.05, 3.63) is 23.4 Å². The molecule has 210 valence electrons. The van der Waals surface area contributed by atoms with E-state index in [9.17, 15) is 23.5 Å². The molecule has 1 amide bonds. The SMILES string of the molecule is CCC(CC)CC(=O)NC(CCN(CCCCc1ccc2c(n1)NCCC2)CC(OC)C(F)F)C(=O)O. The first-order chi connectivity index (χ1) is 17.8. The predicted molar refractivity (Wildman–Crippen MR) is 140 cm³/mol. The number of carboxylic acids is 1. The second-order valence-corrected chi connectivity index (χ2v) is 9.84. The van der Waals surface area contributed by atoms with Gasteiger partial charge in [0.05, 0.1) is 0 Å². The number of hydrogen-bond donors (Lipinski definition) is 3. The zero-order valence-electron chi connectivity index (χ0n) is 22.5. The van der Waals surface area contributed by atoms with Crippen molar-refractivity contribution in [2.24, 2.45) is 5.92 Å². The average Bonchev–Trinajstić information content (AvgIpc) is 2.89. The van der Waals surface area contributed by atoms with E-state index >= 15 is 0 Å². The number of aromatic nitrogens is 1. The van der Waals surface area contributed by atoms with Crippen molar-refractivity contribution in [1.29, 1.82) is 0 Å². The van der Waals surface area contributed by atoms with Crippen molar-refractivity contribution in [1.82, 2.24) is 15.2 Å². The van der Waals surface area contributed by atoms with Gasteiger partial charge in [0, 0.05) is 38.9 Å². The first kappa shape index (κ1) is 30.9. The maximum atomic E-state index is 13.4. The lowest BCUT2D eigenvalue weighted by atomic mass is 9.99. The number of nitrogens with one attached hydrogen (secondary N) is 2.